The molecule has 1 fully saturated rings. The van der Waals surface area contributed by atoms with Crippen LogP contribution in [0.5, 0.6) is 0 Å². The van der Waals surface area contributed by atoms with E-state index in [-0.39, 0.29) is 6.54 Å². The summed E-state index contributed by atoms with van der Waals surface area (Å²) < 4.78 is 29.9. The molecule has 0 amide bonds. The van der Waals surface area contributed by atoms with Crippen LogP contribution in [0.1, 0.15) is 32.0 Å². The van der Waals surface area contributed by atoms with E-state index in [1.54, 1.807) is 13.4 Å². The molecule has 2 N–H and O–H groups in total. The smallest absolute Gasteiger partial charge is 0.279 e. The number of rotatable bonds is 10. The van der Waals surface area contributed by atoms with Crippen molar-refractivity contribution in [3.8, 4) is 0 Å². The van der Waals surface area contributed by atoms with E-state index in [9.17, 15) is 8.42 Å². The molecule has 9 heteroatoms. The number of hydrogen-bond acceptors (Lipinski definition) is 5. The van der Waals surface area contributed by atoms with Crippen LogP contribution in [-0.4, -0.2) is 53.7 Å². The van der Waals surface area contributed by atoms with E-state index in [2.05, 4.69) is 20.2 Å². The summed E-state index contributed by atoms with van der Waals surface area (Å²) in [5.41, 5.74) is 0. The quantitative estimate of drug-likeness (QED) is 0.579. The Hall–Kier alpha value is -1.03. The molecule has 0 radical (unpaired) electrons. The predicted octanol–water partition coefficient (Wildman–Crippen LogP) is -0.294. The van der Waals surface area contributed by atoms with Gasteiger partial charge in [-0.2, -0.15) is 17.4 Å². The fraction of sp³-hybridized carbons (Fsp3) is 0.833. The molecule has 0 spiro atoms. The van der Waals surface area contributed by atoms with Gasteiger partial charge in [0.1, 0.15) is 12.2 Å². The lowest BCUT2D eigenvalue weighted by Crippen LogP contribution is -2.39. The molecule has 0 atom stereocenters. The van der Waals surface area contributed by atoms with Gasteiger partial charge in [0, 0.05) is 26.2 Å². The summed E-state index contributed by atoms with van der Waals surface area (Å²) in [6, 6.07) is 0.658. The standard InChI is InChI=1S/C12H24N6O2S/c1-3-18-10-14-16-12(18)9-15-21(19,20)17(2)8-4-7-13-11-5-6-11/h10-11,13,15H,3-9H2,1-2H3. The molecule has 8 nitrogen and oxygen atoms in total. The molecule has 2 rings (SSSR count). The van der Waals surface area contributed by atoms with Crippen LogP contribution < -0.4 is 10.0 Å². The molecule has 1 saturated carbocycles. The normalized spacial score (nSPS) is 15.8. The van der Waals surface area contributed by atoms with E-state index in [0.717, 1.165) is 13.0 Å². The molecule has 0 bridgehead atoms. The van der Waals surface area contributed by atoms with Crippen LogP contribution in [0.2, 0.25) is 0 Å². The maximum atomic E-state index is 12.1. The summed E-state index contributed by atoms with van der Waals surface area (Å²) in [6.07, 6.45) is 4.89. The summed E-state index contributed by atoms with van der Waals surface area (Å²) >= 11 is 0. The summed E-state index contributed by atoms with van der Waals surface area (Å²) in [5.74, 6) is 0.616. The molecule has 1 aromatic heterocycles. The van der Waals surface area contributed by atoms with Crippen molar-refractivity contribution in [3.05, 3.63) is 12.2 Å². The lowest BCUT2D eigenvalue weighted by atomic mass is 10.4. The molecular formula is C12H24N6O2S. The van der Waals surface area contributed by atoms with Crippen molar-refractivity contribution >= 4 is 10.2 Å². The van der Waals surface area contributed by atoms with Gasteiger partial charge in [0.15, 0.2) is 0 Å². The molecule has 1 heterocycles. The molecule has 1 aromatic rings. The average Bonchev–Trinajstić information content (AvgIpc) is 3.17. The summed E-state index contributed by atoms with van der Waals surface area (Å²) in [4.78, 5) is 0. The fourth-order valence-corrected chi connectivity index (χ4v) is 2.86. The van der Waals surface area contributed by atoms with Crippen LogP contribution >= 0.6 is 0 Å². The third kappa shape index (κ3) is 5.03. The Morgan fingerprint density at radius 1 is 1.48 bits per heavy atom. The highest BCUT2D eigenvalue weighted by Gasteiger charge is 2.21. The molecule has 1 aliphatic rings. The maximum Gasteiger partial charge on any atom is 0.279 e. The monoisotopic (exact) mass is 316 g/mol. The van der Waals surface area contributed by atoms with Crippen LogP contribution in [0.3, 0.4) is 0 Å². The highest BCUT2D eigenvalue weighted by molar-refractivity contribution is 7.87. The van der Waals surface area contributed by atoms with E-state index >= 15 is 0 Å². The first-order chi connectivity index (χ1) is 10.0. The van der Waals surface area contributed by atoms with Gasteiger partial charge in [0.2, 0.25) is 0 Å². The minimum Gasteiger partial charge on any atom is -0.317 e. The second kappa shape index (κ2) is 7.30. The van der Waals surface area contributed by atoms with E-state index in [1.807, 2.05) is 11.5 Å². The number of aryl methyl sites for hydroxylation is 1. The van der Waals surface area contributed by atoms with Crippen molar-refractivity contribution in [1.29, 1.82) is 0 Å². The van der Waals surface area contributed by atoms with E-state index < -0.39 is 10.2 Å². The molecule has 120 valence electrons. The molecule has 1 aliphatic carbocycles. The number of aromatic nitrogens is 3. The van der Waals surface area contributed by atoms with Crippen molar-refractivity contribution < 1.29 is 8.42 Å². The van der Waals surface area contributed by atoms with Gasteiger partial charge in [-0.25, -0.2) is 0 Å². The van der Waals surface area contributed by atoms with Crippen molar-refractivity contribution in [2.45, 2.75) is 45.3 Å². The first-order valence-corrected chi connectivity index (χ1v) is 8.78. The molecule has 0 aliphatic heterocycles. The SMILES string of the molecule is CCn1cnnc1CNS(=O)(=O)N(C)CCCNC1CC1. The lowest BCUT2D eigenvalue weighted by molar-refractivity contribution is 0.442. The van der Waals surface area contributed by atoms with Crippen LogP contribution in [0.4, 0.5) is 0 Å². The largest absolute Gasteiger partial charge is 0.317 e. The van der Waals surface area contributed by atoms with E-state index in [0.29, 0.717) is 25.0 Å². The fourth-order valence-electron chi connectivity index (χ4n) is 1.96. The van der Waals surface area contributed by atoms with Crippen LogP contribution in [0, 0.1) is 0 Å². The van der Waals surface area contributed by atoms with Gasteiger partial charge in [-0.05, 0) is 32.7 Å². The minimum absolute atomic E-state index is 0.154. The third-order valence-corrected chi connectivity index (χ3v) is 5.03. The summed E-state index contributed by atoms with van der Waals surface area (Å²) in [7, 11) is -1.88. The molecule has 0 unspecified atom stereocenters. The average molecular weight is 316 g/mol. The second-order valence-electron chi connectivity index (χ2n) is 5.26. The van der Waals surface area contributed by atoms with E-state index in [1.165, 1.54) is 17.1 Å². The summed E-state index contributed by atoms with van der Waals surface area (Å²) in [6.45, 7) is 4.18. The zero-order chi connectivity index (χ0) is 15.3. The minimum atomic E-state index is -3.47. The van der Waals surface area contributed by atoms with Gasteiger partial charge in [-0.1, -0.05) is 0 Å². The van der Waals surface area contributed by atoms with Gasteiger partial charge < -0.3 is 9.88 Å². The van der Waals surface area contributed by atoms with Gasteiger partial charge >= 0.3 is 0 Å². The number of nitrogens with zero attached hydrogens (tertiary/aromatic N) is 4. The van der Waals surface area contributed by atoms with Gasteiger partial charge in [-0.3, -0.25) is 0 Å². The Morgan fingerprint density at radius 3 is 2.90 bits per heavy atom. The maximum absolute atomic E-state index is 12.1. The Bertz CT molecular complexity index is 540. The zero-order valence-corrected chi connectivity index (χ0v) is 13.4. The lowest BCUT2D eigenvalue weighted by Gasteiger charge is -2.17. The first-order valence-electron chi connectivity index (χ1n) is 7.34. The van der Waals surface area contributed by atoms with Crippen molar-refractivity contribution in [2.24, 2.45) is 0 Å². The highest BCUT2D eigenvalue weighted by atomic mass is 32.2. The highest BCUT2D eigenvalue weighted by Crippen LogP contribution is 2.18. The molecule has 21 heavy (non-hydrogen) atoms. The van der Waals surface area contributed by atoms with Crippen molar-refractivity contribution in [3.63, 3.8) is 0 Å². The molecular weight excluding hydrogens is 292 g/mol. The Kier molecular flexibility index (Phi) is 5.68. The van der Waals surface area contributed by atoms with Gasteiger partial charge in [-0.15, -0.1) is 10.2 Å². The van der Waals surface area contributed by atoms with E-state index in [4.69, 9.17) is 0 Å². The third-order valence-electron chi connectivity index (χ3n) is 3.52. The van der Waals surface area contributed by atoms with Crippen molar-refractivity contribution in [1.82, 2.24) is 29.1 Å². The van der Waals surface area contributed by atoms with Crippen LogP contribution in [-0.2, 0) is 23.3 Å². The Balaban J connectivity index is 1.74. The van der Waals surface area contributed by atoms with Gasteiger partial charge in [0.25, 0.3) is 10.2 Å². The molecule has 0 saturated heterocycles. The number of hydrogen-bond donors (Lipinski definition) is 2. The Morgan fingerprint density at radius 2 is 2.24 bits per heavy atom. The first kappa shape index (κ1) is 16.3. The number of nitrogens with one attached hydrogen (secondary N) is 2. The Labute approximate surface area is 126 Å². The van der Waals surface area contributed by atoms with Crippen molar-refractivity contribution in [2.75, 3.05) is 20.1 Å². The topological polar surface area (TPSA) is 92.1 Å². The van der Waals surface area contributed by atoms with Gasteiger partial charge in [0.05, 0.1) is 6.54 Å². The summed E-state index contributed by atoms with van der Waals surface area (Å²) in [5, 5.41) is 11.1. The van der Waals surface area contributed by atoms with Crippen LogP contribution in [0.25, 0.3) is 0 Å². The predicted molar refractivity (Wildman–Crippen MR) is 79.7 cm³/mol. The second-order valence-corrected chi connectivity index (χ2v) is 7.12. The zero-order valence-electron chi connectivity index (χ0n) is 12.6. The van der Waals surface area contributed by atoms with Crippen LogP contribution in [0.15, 0.2) is 6.33 Å². The molecule has 0 aromatic carbocycles.